The van der Waals surface area contributed by atoms with Crippen molar-refractivity contribution in [3.8, 4) is 0 Å². The second-order valence-corrected chi connectivity index (χ2v) is 6.06. The molecular weight excluding hydrogens is 298 g/mol. The number of amides is 1. The Kier molecular flexibility index (Phi) is 6.52. The minimum atomic E-state index is 0.266. The van der Waals surface area contributed by atoms with Crippen LogP contribution in [0, 0.1) is 0 Å². The zero-order chi connectivity index (χ0) is 15.9. The average Bonchev–Trinajstić information content (AvgIpc) is 2.54. The number of benzene rings is 1. The van der Waals surface area contributed by atoms with Crippen LogP contribution in [0.1, 0.15) is 20.3 Å². The van der Waals surface area contributed by atoms with E-state index in [9.17, 15) is 4.79 Å². The summed E-state index contributed by atoms with van der Waals surface area (Å²) in [6.07, 6.45) is 0.624. The van der Waals surface area contributed by atoms with E-state index < -0.39 is 0 Å². The summed E-state index contributed by atoms with van der Waals surface area (Å²) in [6.45, 7) is 10.5. The van der Waals surface area contributed by atoms with Gasteiger partial charge in [-0.2, -0.15) is 0 Å². The van der Waals surface area contributed by atoms with Crippen LogP contribution in [0.4, 0.5) is 5.69 Å². The summed E-state index contributed by atoms with van der Waals surface area (Å²) in [6, 6.07) is 8.01. The number of anilines is 1. The van der Waals surface area contributed by atoms with Gasteiger partial charge in [0.1, 0.15) is 0 Å². The van der Waals surface area contributed by atoms with Crippen LogP contribution < -0.4 is 4.90 Å². The van der Waals surface area contributed by atoms with Gasteiger partial charge in [0, 0.05) is 62.9 Å². The van der Waals surface area contributed by atoms with Gasteiger partial charge in [-0.25, -0.2) is 0 Å². The third-order valence-corrected chi connectivity index (χ3v) is 4.54. The molecule has 1 aromatic rings. The Hall–Kier alpha value is -1.26. The first-order valence-electron chi connectivity index (χ1n) is 8.14. The molecule has 0 aromatic heterocycles. The van der Waals surface area contributed by atoms with Crippen LogP contribution in [-0.2, 0) is 4.79 Å². The molecule has 0 bridgehead atoms. The predicted octanol–water partition coefficient (Wildman–Crippen LogP) is 2.72. The Morgan fingerprint density at radius 1 is 1.18 bits per heavy atom. The molecular formula is C17H26ClN3O. The quantitative estimate of drug-likeness (QED) is 0.805. The summed E-state index contributed by atoms with van der Waals surface area (Å²) in [5.41, 5.74) is 1.19. The molecule has 1 saturated heterocycles. The Morgan fingerprint density at radius 2 is 1.86 bits per heavy atom. The van der Waals surface area contributed by atoms with Crippen molar-refractivity contribution in [2.45, 2.75) is 20.3 Å². The fourth-order valence-corrected chi connectivity index (χ4v) is 3.08. The zero-order valence-corrected chi connectivity index (χ0v) is 14.4. The number of rotatable bonds is 6. The molecule has 0 spiro atoms. The van der Waals surface area contributed by atoms with Gasteiger partial charge < -0.3 is 9.80 Å². The van der Waals surface area contributed by atoms with E-state index in [1.165, 1.54) is 5.69 Å². The molecule has 0 N–H and O–H groups in total. The third-order valence-electron chi connectivity index (χ3n) is 4.30. The maximum absolute atomic E-state index is 12.0. The monoisotopic (exact) mass is 323 g/mol. The number of hydrogen-bond acceptors (Lipinski definition) is 3. The van der Waals surface area contributed by atoms with Crippen molar-refractivity contribution in [3.63, 3.8) is 0 Å². The summed E-state index contributed by atoms with van der Waals surface area (Å²) in [4.78, 5) is 18.7. The Balaban J connectivity index is 1.77. The van der Waals surface area contributed by atoms with Gasteiger partial charge in [0.05, 0.1) is 0 Å². The first kappa shape index (κ1) is 17.1. The highest BCUT2D eigenvalue weighted by Gasteiger charge is 2.18. The van der Waals surface area contributed by atoms with Crippen LogP contribution in [0.2, 0.25) is 5.02 Å². The second kappa shape index (κ2) is 8.39. The maximum Gasteiger partial charge on any atom is 0.223 e. The van der Waals surface area contributed by atoms with Crippen LogP contribution in [0.25, 0.3) is 0 Å². The van der Waals surface area contributed by atoms with Gasteiger partial charge in [0.25, 0.3) is 0 Å². The SMILES string of the molecule is CCN(CC)C(=O)CCN1CCN(c2cccc(Cl)c2)CC1. The van der Waals surface area contributed by atoms with Crippen molar-refractivity contribution in [1.82, 2.24) is 9.80 Å². The van der Waals surface area contributed by atoms with Crippen LogP contribution in [0.15, 0.2) is 24.3 Å². The van der Waals surface area contributed by atoms with Crippen molar-refractivity contribution in [2.24, 2.45) is 0 Å². The minimum Gasteiger partial charge on any atom is -0.369 e. The van der Waals surface area contributed by atoms with E-state index >= 15 is 0 Å². The van der Waals surface area contributed by atoms with Gasteiger partial charge >= 0.3 is 0 Å². The normalized spacial score (nSPS) is 15.9. The summed E-state index contributed by atoms with van der Waals surface area (Å²) < 4.78 is 0. The van der Waals surface area contributed by atoms with Crippen molar-refractivity contribution in [3.05, 3.63) is 29.3 Å². The van der Waals surface area contributed by atoms with Crippen LogP contribution in [0.5, 0.6) is 0 Å². The van der Waals surface area contributed by atoms with Crippen LogP contribution >= 0.6 is 11.6 Å². The number of piperazine rings is 1. The highest BCUT2D eigenvalue weighted by molar-refractivity contribution is 6.30. The first-order valence-corrected chi connectivity index (χ1v) is 8.52. The third kappa shape index (κ3) is 4.62. The van der Waals surface area contributed by atoms with Crippen molar-refractivity contribution >= 4 is 23.2 Å². The van der Waals surface area contributed by atoms with E-state index in [4.69, 9.17) is 11.6 Å². The molecule has 5 heteroatoms. The van der Waals surface area contributed by atoms with Crippen molar-refractivity contribution in [2.75, 3.05) is 50.7 Å². The molecule has 1 aliphatic rings. The summed E-state index contributed by atoms with van der Waals surface area (Å²) in [7, 11) is 0. The topological polar surface area (TPSA) is 26.8 Å². The molecule has 122 valence electrons. The average molecular weight is 324 g/mol. The van der Waals surface area contributed by atoms with Gasteiger partial charge in [-0.1, -0.05) is 17.7 Å². The smallest absolute Gasteiger partial charge is 0.223 e. The largest absolute Gasteiger partial charge is 0.369 e. The lowest BCUT2D eigenvalue weighted by Crippen LogP contribution is -2.47. The lowest BCUT2D eigenvalue weighted by Gasteiger charge is -2.36. The zero-order valence-electron chi connectivity index (χ0n) is 13.6. The highest BCUT2D eigenvalue weighted by atomic mass is 35.5. The lowest BCUT2D eigenvalue weighted by atomic mass is 10.2. The molecule has 4 nitrogen and oxygen atoms in total. The molecule has 1 heterocycles. The molecule has 1 amide bonds. The number of carbonyl (C=O) groups is 1. The highest BCUT2D eigenvalue weighted by Crippen LogP contribution is 2.20. The molecule has 2 rings (SSSR count). The van der Waals surface area contributed by atoms with Crippen molar-refractivity contribution < 1.29 is 4.79 Å². The van der Waals surface area contributed by atoms with Crippen molar-refractivity contribution in [1.29, 1.82) is 0 Å². The van der Waals surface area contributed by atoms with Gasteiger partial charge in [-0.3, -0.25) is 9.69 Å². The minimum absolute atomic E-state index is 0.266. The van der Waals surface area contributed by atoms with E-state index in [1.807, 2.05) is 36.9 Å². The van der Waals surface area contributed by atoms with E-state index in [2.05, 4.69) is 15.9 Å². The summed E-state index contributed by atoms with van der Waals surface area (Å²) in [5.74, 6) is 0.266. The van der Waals surface area contributed by atoms with Crippen LogP contribution in [-0.4, -0.2) is 61.5 Å². The number of halogens is 1. The Bertz CT molecular complexity index is 483. The number of hydrogen-bond donors (Lipinski definition) is 0. The molecule has 0 radical (unpaired) electrons. The lowest BCUT2D eigenvalue weighted by molar-refractivity contribution is -0.131. The standard InChI is InChI=1S/C17H26ClN3O/c1-3-20(4-2)17(22)8-9-19-10-12-21(13-11-19)16-7-5-6-15(18)14-16/h5-7,14H,3-4,8-13H2,1-2H3. The fourth-order valence-electron chi connectivity index (χ4n) is 2.89. The second-order valence-electron chi connectivity index (χ2n) is 5.62. The molecule has 0 atom stereocenters. The van der Waals surface area contributed by atoms with E-state index in [0.29, 0.717) is 6.42 Å². The van der Waals surface area contributed by atoms with Crippen LogP contribution in [0.3, 0.4) is 0 Å². The molecule has 0 saturated carbocycles. The van der Waals surface area contributed by atoms with Gasteiger partial charge in [0.15, 0.2) is 0 Å². The maximum atomic E-state index is 12.0. The molecule has 1 aromatic carbocycles. The summed E-state index contributed by atoms with van der Waals surface area (Å²) in [5, 5.41) is 0.782. The van der Waals surface area contributed by atoms with E-state index in [-0.39, 0.29) is 5.91 Å². The van der Waals surface area contributed by atoms with E-state index in [0.717, 1.165) is 50.8 Å². The van der Waals surface area contributed by atoms with Gasteiger partial charge in [-0.15, -0.1) is 0 Å². The fraction of sp³-hybridized carbons (Fsp3) is 0.588. The van der Waals surface area contributed by atoms with Gasteiger partial charge in [0.2, 0.25) is 5.91 Å². The number of carbonyl (C=O) groups excluding carboxylic acids is 1. The summed E-state index contributed by atoms with van der Waals surface area (Å²) >= 11 is 6.06. The molecule has 1 aliphatic heterocycles. The molecule has 0 aliphatic carbocycles. The Labute approximate surface area is 138 Å². The predicted molar refractivity (Wildman–Crippen MR) is 92.7 cm³/mol. The van der Waals surface area contributed by atoms with Gasteiger partial charge in [-0.05, 0) is 32.0 Å². The molecule has 0 unspecified atom stereocenters. The molecule has 22 heavy (non-hydrogen) atoms. The number of nitrogens with zero attached hydrogens (tertiary/aromatic N) is 3. The van der Waals surface area contributed by atoms with E-state index in [1.54, 1.807) is 0 Å². The Morgan fingerprint density at radius 3 is 2.45 bits per heavy atom. The molecule has 1 fully saturated rings. The first-order chi connectivity index (χ1) is 10.6.